The second kappa shape index (κ2) is 7.22. The number of nitrogens with one attached hydrogen (secondary N) is 2. The Bertz CT molecular complexity index is 1130. The molecule has 3 aliphatic carbocycles. The van der Waals surface area contributed by atoms with Crippen LogP contribution in [-0.4, -0.2) is 21.7 Å². The van der Waals surface area contributed by atoms with E-state index in [0.29, 0.717) is 17.8 Å². The van der Waals surface area contributed by atoms with Crippen molar-refractivity contribution in [2.24, 2.45) is 5.92 Å². The standard InChI is InChI=1S/C26H24N4/c1-3-9-21-19(7-1)23-13-17(26(21)22-10-4-2-8-20(22)23)15-27-16-18-14-25(30-29-18)24-11-5-6-12-28-24/h1-12,14,17,23,26-27H,13,15-16H2,(H,29,30). The molecule has 4 aromatic rings. The first-order valence-corrected chi connectivity index (χ1v) is 10.7. The summed E-state index contributed by atoms with van der Waals surface area (Å²) in [4.78, 5) is 4.38. The first-order valence-electron chi connectivity index (χ1n) is 10.7. The maximum absolute atomic E-state index is 4.42. The molecule has 2 heterocycles. The lowest BCUT2D eigenvalue weighted by Gasteiger charge is -2.45. The predicted octanol–water partition coefficient (Wildman–Crippen LogP) is 4.86. The van der Waals surface area contributed by atoms with Gasteiger partial charge in [0.25, 0.3) is 0 Å². The molecule has 0 amide bonds. The van der Waals surface area contributed by atoms with Crippen molar-refractivity contribution in [3.63, 3.8) is 0 Å². The highest BCUT2D eigenvalue weighted by Gasteiger charge is 2.42. The summed E-state index contributed by atoms with van der Waals surface area (Å²) < 4.78 is 0. The molecule has 30 heavy (non-hydrogen) atoms. The minimum absolute atomic E-state index is 0.487. The van der Waals surface area contributed by atoms with E-state index in [9.17, 15) is 0 Å². The molecule has 1 atom stereocenters. The van der Waals surface area contributed by atoms with Crippen LogP contribution in [0.25, 0.3) is 11.4 Å². The van der Waals surface area contributed by atoms with Gasteiger partial charge in [0.05, 0.1) is 5.69 Å². The molecule has 0 spiro atoms. The van der Waals surface area contributed by atoms with Crippen LogP contribution in [0.5, 0.6) is 0 Å². The molecular formula is C26H24N4. The third kappa shape index (κ3) is 2.87. The Kier molecular flexibility index (Phi) is 4.24. The molecule has 0 saturated heterocycles. The topological polar surface area (TPSA) is 53.6 Å². The van der Waals surface area contributed by atoms with Crippen LogP contribution in [0.2, 0.25) is 0 Å². The minimum atomic E-state index is 0.487. The smallest absolute Gasteiger partial charge is 0.111 e. The Morgan fingerprint density at radius 1 is 0.833 bits per heavy atom. The number of fused-ring (bicyclic) bond motifs is 1. The van der Waals surface area contributed by atoms with Gasteiger partial charge in [-0.25, -0.2) is 0 Å². The molecule has 4 heteroatoms. The van der Waals surface area contributed by atoms with Crippen LogP contribution >= 0.6 is 0 Å². The Morgan fingerprint density at radius 2 is 1.53 bits per heavy atom. The molecule has 1 unspecified atom stereocenters. The average molecular weight is 393 g/mol. The summed E-state index contributed by atoms with van der Waals surface area (Å²) >= 11 is 0. The maximum Gasteiger partial charge on any atom is 0.111 e. The number of hydrogen-bond acceptors (Lipinski definition) is 3. The summed E-state index contributed by atoms with van der Waals surface area (Å²) in [6.07, 6.45) is 3.02. The molecule has 0 fully saturated rings. The number of hydrogen-bond donors (Lipinski definition) is 2. The van der Waals surface area contributed by atoms with Gasteiger partial charge in [0.15, 0.2) is 0 Å². The molecular weight excluding hydrogens is 368 g/mol. The van der Waals surface area contributed by atoms with Gasteiger partial charge in [-0.1, -0.05) is 54.6 Å². The minimum Gasteiger partial charge on any atom is -0.311 e. The molecule has 4 nitrogen and oxygen atoms in total. The van der Waals surface area contributed by atoms with E-state index >= 15 is 0 Å². The van der Waals surface area contributed by atoms with Crippen LogP contribution in [0.3, 0.4) is 0 Å². The molecule has 2 aromatic carbocycles. The lowest BCUT2D eigenvalue weighted by atomic mass is 9.59. The molecule has 3 aliphatic rings. The van der Waals surface area contributed by atoms with E-state index in [1.807, 2.05) is 18.2 Å². The first kappa shape index (κ1) is 17.6. The molecule has 148 valence electrons. The lowest BCUT2D eigenvalue weighted by Crippen LogP contribution is -2.37. The van der Waals surface area contributed by atoms with Crippen molar-refractivity contribution >= 4 is 0 Å². The van der Waals surface area contributed by atoms with E-state index in [4.69, 9.17) is 0 Å². The fourth-order valence-electron chi connectivity index (χ4n) is 5.45. The second-order valence-electron chi connectivity index (χ2n) is 8.41. The zero-order valence-electron chi connectivity index (χ0n) is 16.8. The summed E-state index contributed by atoms with van der Waals surface area (Å²) in [6.45, 7) is 1.79. The van der Waals surface area contributed by atoms with Crippen LogP contribution in [0.15, 0.2) is 79.0 Å². The van der Waals surface area contributed by atoms with Crippen molar-refractivity contribution in [1.29, 1.82) is 0 Å². The highest BCUT2D eigenvalue weighted by molar-refractivity contribution is 5.56. The van der Waals surface area contributed by atoms with E-state index in [1.54, 1.807) is 6.20 Å². The predicted molar refractivity (Wildman–Crippen MR) is 118 cm³/mol. The van der Waals surface area contributed by atoms with Crippen molar-refractivity contribution in [3.8, 4) is 11.4 Å². The monoisotopic (exact) mass is 392 g/mol. The third-order valence-corrected chi connectivity index (χ3v) is 6.70. The van der Waals surface area contributed by atoms with E-state index in [0.717, 1.165) is 30.2 Å². The zero-order chi connectivity index (χ0) is 19.9. The summed E-state index contributed by atoms with van der Waals surface area (Å²) in [5.74, 6) is 1.62. The third-order valence-electron chi connectivity index (χ3n) is 6.70. The molecule has 2 N–H and O–H groups in total. The van der Waals surface area contributed by atoms with Crippen molar-refractivity contribution in [2.75, 3.05) is 6.54 Å². The van der Waals surface area contributed by atoms with Gasteiger partial charge in [0, 0.05) is 30.3 Å². The average Bonchev–Trinajstić information content (AvgIpc) is 3.29. The van der Waals surface area contributed by atoms with Gasteiger partial charge in [0.1, 0.15) is 5.69 Å². The molecule has 0 aliphatic heterocycles. The quantitative estimate of drug-likeness (QED) is 0.510. The van der Waals surface area contributed by atoms with Crippen molar-refractivity contribution in [3.05, 3.63) is 107 Å². The number of aromatic nitrogens is 3. The molecule has 2 bridgehead atoms. The van der Waals surface area contributed by atoms with Gasteiger partial charge in [-0.15, -0.1) is 0 Å². The highest BCUT2D eigenvalue weighted by Crippen LogP contribution is 2.55. The maximum atomic E-state index is 4.42. The molecule has 0 saturated carbocycles. The summed E-state index contributed by atoms with van der Waals surface area (Å²) in [5, 5.41) is 11.3. The van der Waals surface area contributed by atoms with E-state index in [-0.39, 0.29) is 0 Å². The SMILES string of the molecule is c1ccc(-c2cc(CNCC3CC4c5ccccc5C3c3ccccc34)[nH]n2)nc1. The number of nitrogens with zero attached hydrogens (tertiary/aromatic N) is 2. The van der Waals surface area contributed by atoms with Crippen LogP contribution < -0.4 is 5.32 Å². The van der Waals surface area contributed by atoms with Crippen molar-refractivity contribution in [2.45, 2.75) is 24.8 Å². The van der Waals surface area contributed by atoms with Crippen molar-refractivity contribution < 1.29 is 0 Å². The Balaban J connectivity index is 1.19. The van der Waals surface area contributed by atoms with Crippen LogP contribution in [-0.2, 0) is 6.54 Å². The fourth-order valence-corrected chi connectivity index (χ4v) is 5.45. The number of benzene rings is 2. The summed E-state index contributed by atoms with van der Waals surface area (Å²) in [6, 6.07) is 26.1. The van der Waals surface area contributed by atoms with Crippen LogP contribution in [0.1, 0.15) is 46.2 Å². The Hall–Kier alpha value is -3.24. The summed E-state index contributed by atoms with van der Waals surface area (Å²) in [5.41, 5.74) is 9.01. The van der Waals surface area contributed by atoms with Gasteiger partial charge in [-0.05, 0) is 59.3 Å². The molecule has 2 aromatic heterocycles. The number of rotatable bonds is 5. The van der Waals surface area contributed by atoms with E-state index in [1.165, 1.54) is 28.7 Å². The largest absolute Gasteiger partial charge is 0.311 e. The number of H-pyrrole nitrogens is 1. The zero-order valence-corrected chi connectivity index (χ0v) is 16.8. The van der Waals surface area contributed by atoms with Gasteiger partial charge in [-0.2, -0.15) is 5.10 Å². The van der Waals surface area contributed by atoms with E-state index < -0.39 is 0 Å². The van der Waals surface area contributed by atoms with Crippen LogP contribution in [0, 0.1) is 5.92 Å². The number of pyridine rings is 1. The number of aromatic amines is 1. The first-order chi connectivity index (χ1) is 14.9. The van der Waals surface area contributed by atoms with Gasteiger partial charge in [0.2, 0.25) is 0 Å². The highest BCUT2D eigenvalue weighted by atomic mass is 15.1. The summed E-state index contributed by atoms with van der Waals surface area (Å²) in [7, 11) is 0. The van der Waals surface area contributed by atoms with Gasteiger partial charge in [-0.3, -0.25) is 10.1 Å². The van der Waals surface area contributed by atoms with Gasteiger partial charge >= 0.3 is 0 Å². The molecule has 0 radical (unpaired) electrons. The van der Waals surface area contributed by atoms with Crippen LogP contribution in [0.4, 0.5) is 0 Å². The Morgan fingerprint density at radius 3 is 2.23 bits per heavy atom. The fraction of sp³-hybridized carbons (Fsp3) is 0.231. The van der Waals surface area contributed by atoms with E-state index in [2.05, 4.69) is 75.1 Å². The van der Waals surface area contributed by atoms with Gasteiger partial charge < -0.3 is 5.32 Å². The molecule has 7 rings (SSSR count). The van der Waals surface area contributed by atoms with Crippen molar-refractivity contribution in [1.82, 2.24) is 20.5 Å². The lowest BCUT2D eigenvalue weighted by molar-refractivity contribution is 0.338. The Labute approximate surface area is 176 Å². The normalized spacial score (nSPS) is 21.3. The second-order valence-corrected chi connectivity index (χ2v) is 8.41.